The molecule has 0 bridgehead atoms. The van der Waals surface area contributed by atoms with Crippen LogP contribution in [0.25, 0.3) is 0 Å². The minimum absolute atomic E-state index is 0.00211. The van der Waals surface area contributed by atoms with Crippen LogP contribution < -0.4 is 0 Å². The summed E-state index contributed by atoms with van der Waals surface area (Å²) in [6.07, 6.45) is 2.16. The van der Waals surface area contributed by atoms with Gasteiger partial charge >= 0.3 is 5.97 Å². The second-order valence-electron chi connectivity index (χ2n) is 6.10. The number of carbonyl (C=O) groups excluding carboxylic acids is 1. The van der Waals surface area contributed by atoms with E-state index in [1.165, 1.54) is 10.9 Å². The van der Waals surface area contributed by atoms with Crippen molar-refractivity contribution in [2.24, 2.45) is 5.92 Å². The van der Waals surface area contributed by atoms with Crippen LogP contribution in [0.3, 0.4) is 0 Å². The van der Waals surface area contributed by atoms with Gasteiger partial charge in [0.1, 0.15) is 6.54 Å². The highest BCUT2D eigenvalue weighted by molar-refractivity contribution is 5.84. The number of carbonyl (C=O) groups is 2. The van der Waals surface area contributed by atoms with Crippen LogP contribution in [0.1, 0.15) is 22.5 Å². The number of hydrogen-bond acceptors (Lipinski definition) is 5. The second kappa shape index (κ2) is 7.89. The molecular weight excluding hydrogens is 324 g/mol. The number of aromatic carboxylic acids is 1. The quantitative estimate of drug-likeness (QED) is 0.806. The molecule has 2 aromatic rings. The zero-order valence-electron chi connectivity index (χ0n) is 13.7. The van der Waals surface area contributed by atoms with E-state index < -0.39 is 5.97 Å². The van der Waals surface area contributed by atoms with Crippen molar-refractivity contribution < 1.29 is 19.4 Å². The van der Waals surface area contributed by atoms with Crippen LogP contribution in [0, 0.1) is 5.92 Å². The number of likely N-dealkylation sites (tertiary alicyclic amines) is 1. The molecule has 3 rings (SSSR count). The number of amides is 1. The molecule has 25 heavy (non-hydrogen) atoms. The number of carboxylic acids is 1. The molecule has 1 aliphatic heterocycles. The third kappa shape index (κ3) is 4.63. The maximum absolute atomic E-state index is 12.3. The molecular formula is C17H20N4O4. The number of nitrogens with zero attached hydrogens (tertiary/aromatic N) is 4. The van der Waals surface area contributed by atoms with Crippen molar-refractivity contribution >= 4 is 11.9 Å². The largest absolute Gasteiger partial charge is 0.476 e. The minimum Gasteiger partial charge on any atom is -0.476 e. The first-order chi connectivity index (χ1) is 12.1. The van der Waals surface area contributed by atoms with Crippen molar-refractivity contribution in [1.82, 2.24) is 19.9 Å². The number of benzene rings is 1. The first kappa shape index (κ1) is 17.1. The van der Waals surface area contributed by atoms with Crippen molar-refractivity contribution in [3.8, 4) is 0 Å². The van der Waals surface area contributed by atoms with E-state index >= 15 is 0 Å². The number of hydrogen-bond donors (Lipinski definition) is 1. The normalized spacial score (nSPS) is 17.0. The summed E-state index contributed by atoms with van der Waals surface area (Å²) in [5, 5.41) is 16.0. The molecule has 1 saturated heterocycles. The first-order valence-corrected chi connectivity index (χ1v) is 8.14. The highest BCUT2D eigenvalue weighted by Crippen LogP contribution is 2.17. The lowest BCUT2D eigenvalue weighted by molar-refractivity contribution is -0.131. The Balaban J connectivity index is 1.42. The van der Waals surface area contributed by atoms with Crippen LogP contribution in [-0.4, -0.2) is 56.6 Å². The Bertz CT molecular complexity index is 731. The summed E-state index contributed by atoms with van der Waals surface area (Å²) >= 11 is 0. The van der Waals surface area contributed by atoms with Crippen molar-refractivity contribution in [3.63, 3.8) is 0 Å². The molecule has 1 aromatic heterocycles. The molecule has 0 aliphatic carbocycles. The molecule has 1 aliphatic rings. The van der Waals surface area contributed by atoms with Crippen LogP contribution in [0.2, 0.25) is 0 Å². The average Bonchev–Trinajstić information content (AvgIpc) is 3.25. The molecule has 0 spiro atoms. The summed E-state index contributed by atoms with van der Waals surface area (Å²) in [6.45, 7) is 2.51. The van der Waals surface area contributed by atoms with E-state index in [9.17, 15) is 9.59 Å². The second-order valence-corrected chi connectivity index (χ2v) is 6.10. The molecule has 8 nitrogen and oxygen atoms in total. The van der Waals surface area contributed by atoms with E-state index in [1.54, 1.807) is 4.90 Å². The van der Waals surface area contributed by atoms with Crippen LogP contribution >= 0.6 is 0 Å². The lowest BCUT2D eigenvalue weighted by Crippen LogP contribution is -2.32. The monoisotopic (exact) mass is 344 g/mol. The summed E-state index contributed by atoms with van der Waals surface area (Å²) < 4.78 is 7.00. The highest BCUT2D eigenvalue weighted by Gasteiger charge is 2.26. The van der Waals surface area contributed by atoms with Crippen LogP contribution in [0.5, 0.6) is 0 Å². The van der Waals surface area contributed by atoms with E-state index in [2.05, 4.69) is 10.3 Å². The van der Waals surface area contributed by atoms with Gasteiger partial charge in [0, 0.05) is 19.0 Å². The summed E-state index contributed by atoms with van der Waals surface area (Å²) in [5.74, 6) is -0.930. The van der Waals surface area contributed by atoms with Gasteiger partial charge < -0.3 is 14.7 Å². The third-order valence-corrected chi connectivity index (χ3v) is 4.16. The SMILES string of the molecule is O=C(O)c1cn(CC(=O)N2CCC(COCc3ccccc3)C2)nn1. The number of ether oxygens (including phenoxy) is 1. The zero-order chi connectivity index (χ0) is 17.6. The summed E-state index contributed by atoms with van der Waals surface area (Å²) in [6, 6.07) is 9.98. The van der Waals surface area contributed by atoms with Gasteiger partial charge in [0.2, 0.25) is 5.91 Å². The van der Waals surface area contributed by atoms with Crippen molar-refractivity contribution in [2.75, 3.05) is 19.7 Å². The van der Waals surface area contributed by atoms with E-state index in [1.807, 2.05) is 30.3 Å². The molecule has 1 amide bonds. The Morgan fingerprint density at radius 3 is 2.80 bits per heavy atom. The Kier molecular flexibility index (Phi) is 5.39. The van der Waals surface area contributed by atoms with E-state index in [0.717, 1.165) is 12.0 Å². The molecule has 2 heterocycles. The molecule has 1 atom stereocenters. The van der Waals surface area contributed by atoms with Gasteiger partial charge in [-0.1, -0.05) is 35.5 Å². The van der Waals surface area contributed by atoms with Gasteiger partial charge in [0.15, 0.2) is 5.69 Å². The predicted molar refractivity (Wildman–Crippen MR) is 87.8 cm³/mol. The van der Waals surface area contributed by atoms with Crippen LogP contribution in [0.4, 0.5) is 0 Å². The Labute approximate surface area is 145 Å². The number of rotatable bonds is 7. The van der Waals surface area contributed by atoms with Gasteiger partial charge in [-0.25, -0.2) is 9.48 Å². The molecule has 1 fully saturated rings. The maximum atomic E-state index is 12.3. The molecule has 1 N–H and O–H groups in total. The highest BCUT2D eigenvalue weighted by atomic mass is 16.5. The van der Waals surface area contributed by atoms with E-state index in [-0.39, 0.29) is 18.1 Å². The molecule has 1 aromatic carbocycles. The van der Waals surface area contributed by atoms with E-state index in [0.29, 0.717) is 32.2 Å². The summed E-state index contributed by atoms with van der Waals surface area (Å²) in [4.78, 5) is 24.8. The number of carboxylic acid groups (broad SMARTS) is 1. The lowest BCUT2D eigenvalue weighted by Gasteiger charge is -2.16. The smallest absolute Gasteiger partial charge is 0.358 e. The average molecular weight is 344 g/mol. The molecule has 8 heteroatoms. The van der Waals surface area contributed by atoms with Crippen molar-refractivity contribution in [2.45, 2.75) is 19.6 Å². The first-order valence-electron chi connectivity index (χ1n) is 8.14. The van der Waals surface area contributed by atoms with Gasteiger partial charge in [-0.05, 0) is 12.0 Å². The number of aromatic nitrogens is 3. The fraction of sp³-hybridized carbons (Fsp3) is 0.412. The Morgan fingerprint density at radius 2 is 2.08 bits per heavy atom. The van der Waals surface area contributed by atoms with Gasteiger partial charge in [0.05, 0.1) is 19.4 Å². The standard InChI is InChI=1S/C17H20N4O4/c22-16(10-21-9-15(17(23)24)18-19-21)20-7-6-14(8-20)12-25-11-13-4-2-1-3-5-13/h1-5,9,14H,6-8,10-12H2,(H,23,24). The Morgan fingerprint density at radius 1 is 1.28 bits per heavy atom. The van der Waals surface area contributed by atoms with E-state index in [4.69, 9.17) is 9.84 Å². The fourth-order valence-corrected chi connectivity index (χ4v) is 2.83. The Hall–Kier alpha value is -2.74. The van der Waals surface area contributed by atoms with Crippen LogP contribution in [0.15, 0.2) is 36.5 Å². The summed E-state index contributed by atoms with van der Waals surface area (Å²) in [5.41, 5.74) is 0.968. The van der Waals surface area contributed by atoms with Crippen molar-refractivity contribution in [1.29, 1.82) is 0 Å². The minimum atomic E-state index is -1.16. The van der Waals surface area contributed by atoms with Gasteiger partial charge in [-0.2, -0.15) is 0 Å². The fourth-order valence-electron chi connectivity index (χ4n) is 2.83. The third-order valence-electron chi connectivity index (χ3n) is 4.16. The molecule has 0 saturated carbocycles. The van der Waals surface area contributed by atoms with Crippen molar-refractivity contribution in [3.05, 3.63) is 47.8 Å². The van der Waals surface area contributed by atoms with Gasteiger partial charge in [-0.3, -0.25) is 4.79 Å². The summed E-state index contributed by atoms with van der Waals surface area (Å²) in [7, 11) is 0. The predicted octanol–water partition coefficient (Wildman–Crippen LogP) is 1.04. The van der Waals surface area contributed by atoms with Gasteiger partial charge in [0.25, 0.3) is 0 Å². The van der Waals surface area contributed by atoms with Gasteiger partial charge in [-0.15, -0.1) is 5.10 Å². The molecule has 132 valence electrons. The maximum Gasteiger partial charge on any atom is 0.358 e. The lowest BCUT2D eigenvalue weighted by atomic mass is 10.1. The zero-order valence-corrected chi connectivity index (χ0v) is 13.7. The van der Waals surface area contributed by atoms with Crippen LogP contribution in [-0.2, 0) is 22.7 Å². The molecule has 1 unspecified atom stereocenters. The molecule has 0 radical (unpaired) electrons. The topological polar surface area (TPSA) is 97.5 Å².